The molecule has 0 N–H and O–H groups in total. The highest BCUT2D eigenvalue weighted by atomic mass is 32.2. The maximum Gasteiger partial charge on any atom is 0.101 e. The van der Waals surface area contributed by atoms with Crippen molar-refractivity contribution in [2.24, 2.45) is 0 Å². The fourth-order valence-corrected chi connectivity index (χ4v) is 3.54. The Morgan fingerprint density at radius 1 is 1.05 bits per heavy atom. The van der Waals surface area contributed by atoms with Crippen LogP contribution in [0.4, 0.5) is 0 Å². The van der Waals surface area contributed by atoms with E-state index < -0.39 is 0 Å². The summed E-state index contributed by atoms with van der Waals surface area (Å²) in [5.74, 6) is 1.00. The van der Waals surface area contributed by atoms with Crippen molar-refractivity contribution in [3.63, 3.8) is 0 Å². The number of hydrogen-bond acceptors (Lipinski definition) is 3. The second-order valence-electron chi connectivity index (χ2n) is 5.85. The molecule has 1 heterocycles. The molecule has 22 heavy (non-hydrogen) atoms. The largest absolute Gasteiger partial charge is 0.377 e. The molecule has 3 heteroatoms. The zero-order valence-electron chi connectivity index (χ0n) is 12.9. The van der Waals surface area contributed by atoms with Crippen LogP contribution in [0.25, 0.3) is 0 Å². The van der Waals surface area contributed by atoms with E-state index in [0.717, 1.165) is 18.8 Å². The summed E-state index contributed by atoms with van der Waals surface area (Å²) >= 11 is 1.86. The Kier molecular flexibility index (Phi) is 5.19. The van der Waals surface area contributed by atoms with E-state index in [1.807, 2.05) is 36.0 Å². The average Bonchev–Trinajstić information content (AvgIpc) is 3.22. The minimum Gasteiger partial charge on any atom is -0.377 e. The van der Waals surface area contributed by atoms with Gasteiger partial charge in [-0.3, -0.25) is 0 Å². The van der Waals surface area contributed by atoms with Crippen LogP contribution in [0.3, 0.4) is 0 Å². The van der Waals surface area contributed by atoms with Gasteiger partial charge in [0.1, 0.15) is 5.60 Å². The van der Waals surface area contributed by atoms with E-state index in [9.17, 15) is 0 Å². The van der Waals surface area contributed by atoms with Gasteiger partial charge in [-0.15, -0.1) is 11.8 Å². The van der Waals surface area contributed by atoms with Crippen LogP contribution in [0.1, 0.15) is 18.9 Å². The summed E-state index contributed by atoms with van der Waals surface area (Å²) in [5, 5.41) is 0. The average molecular weight is 314 g/mol. The zero-order valence-corrected chi connectivity index (χ0v) is 13.7. The normalized spacial score (nSPS) is 23.4. The molecule has 0 amide bonds. The van der Waals surface area contributed by atoms with Gasteiger partial charge in [0, 0.05) is 17.3 Å². The number of ether oxygens (including phenoxy) is 2. The SMILES string of the molecule is C[C@]1(CSc2ccccc2)O[C@@H]1CCOCc1ccccc1. The Labute approximate surface area is 136 Å². The predicted molar refractivity (Wildman–Crippen MR) is 91.2 cm³/mol. The molecule has 0 unspecified atom stereocenters. The molecule has 0 saturated carbocycles. The molecular weight excluding hydrogens is 292 g/mol. The molecule has 2 atom stereocenters. The van der Waals surface area contributed by atoms with Crippen molar-refractivity contribution in [2.75, 3.05) is 12.4 Å². The topological polar surface area (TPSA) is 21.8 Å². The predicted octanol–water partition coefficient (Wildman–Crippen LogP) is 4.54. The highest BCUT2D eigenvalue weighted by Gasteiger charge is 2.51. The molecular formula is C19H22O2S. The molecule has 2 aromatic rings. The van der Waals surface area contributed by atoms with Crippen molar-refractivity contribution in [3.8, 4) is 0 Å². The first-order valence-electron chi connectivity index (χ1n) is 7.74. The summed E-state index contributed by atoms with van der Waals surface area (Å²) in [6.07, 6.45) is 1.30. The van der Waals surface area contributed by atoms with Gasteiger partial charge in [0.2, 0.25) is 0 Å². The van der Waals surface area contributed by atoms with Gasteiger partial charge in [0.15, 0.2) is 0 Å². The van der Waals surface area contributed by atoms with Crippen LogP contribution >= 0.6 is 11.8 Å². The monoisotopic (exact) mass is 314 g/mol. The second kappa shape index (κ2) is 7.32. The van der Waals surface area contributed by atoms with E-state index >= 15 is 0 Å². The molecule has 0 radical (unpaired) electrons. The fourth-order valence-electron chi connectivity index (χ4n) is 2.48. The molecule has 2 nitrogen and oxygen atoms in total. The Morgan fingerprint density at radius 2 is 1.73 bits per heavy atom. The molecule has 2 aromatic carbocycles. The number of benzene rings is 2. The maximum absolute atomic E-state index is 5.88. The van der Waals surface area contributed by atoms with E-state index in [0.29, 0.717) is 12.7 Å². The van der Waals surface area contributed by atoms with Gasteiger partial charge in [-0.1, -0.05) is 48.5 Å². The van der Waals surface area contributed by atoms with Crippen molar-refractivity contribution in [2.45, 2.75) is 36.6 Å². The van der Waals surface area contributed by atoms with Crippen molar-refractivity contribution in [1.82, 2.24) is 0 Å². The number of hydrogen-bond donors (Lipinski definition) is 0. The first-order chi connectivity index (χ1) is 10.8. The molecule has 3 rings (SSSR count). The Balaban J connectivity index is 1.33. The van der Waals surface area contributed by atoms with Crippen LogP contribution in [0.15, 0.2) is 65.6 Å². The Hall–Kier alpha value is -1.29. The molecule has 1 saturated heterocycles. The van der Waals surface area contributed by atoms with Crippen LogP contribution in [0.2, 0.25) is 0 Å². The molecule has 1 aliphatic rings. The van der Waals surface area contributed by atoms with E-state index in [-0.39, 0.29) is 5.60 Å². The van der Waals surface area contributed by atoms with Gasteiger partial charge in [-0.25, -0.2) is 0 Å². The van der Waals surface area contributed by atoms with Crippen molar-refractivity contribution >= 4 is 11.8 Å². The third-order valence-corrected chi connectivity index (χ3v) is 5.26. The highest BCUT2D eigenvalue weighted by Crippen LogP contribution is 2.42. The number of epoxide rings is 1. The van der Waals surface area contributed by atoms with Crippen LogP contribution in [0.5, 0.6) is 0 Å². The summed E-state index contributed by atoms with van der Waals surface area (Å²) in [5.41, 5.74) is 1.23. The van der Waals surface area contributed by atoms with E-state index in [2.05, 4.69) is 43.3 Å². The van der Waals surface area contributed by atoms with Crippen molar-refractivity contribution in [3.05, 3.63) is 66.2 Å². The second-order valence-corrected chi connectivity index (χ2v) is 6.90. The maximum atomic E-state index is 5.88. The lowest BCUT2D eigenvalue weighted by Crippen LogP contribution is -2.14. The van der Waals surface area contributed by atoms with Gasteiger partial charge in [-0.2, -0.15) is 0 Å². The minimum absolute atomic E-state index is 0.0105. The number of rotatable bonds is 8. The molecule has 0 aromatic heterocycles. The van der Waals surface area contributed by atoms with Crippen LogP contribution in [-0.4, -0.2) is 24.1 Å². The van der Waals surface area contributed by atoms with Gasteiger partial charge >= 0.3 is 0 Å². The first-order valence-corrected chi connectivity index (χ1v) is 8.72. The summed E-state index contributed by atoms with van der Waals surface area (Å²) < 4.78 is 11.6. The van der Waals surface area contributed by atoms with Gasteiger partial charge in [0.25, 0.3) is 0 Å². The molecule has 0 aliphatic carbocycles. The molecule has 1 fully saturated rings. The summed E-state index contributed by atoms with van der Waals surface area (Å²) in [7, 11) is 0. The Morgan fingerprint density at radius 3 is 2.45 bits per heavy atom. The van der Waals surface area contributed by atoms with E-state index in [1.54, 1.807) is 0 Å². The van der Waals surface area contributed by atoms with Gasteiger partial charge < -0.3 is 9.47 Å². The highest BCUT2D eigenvalue weighted by molar-refractivity contribution is 7.99. The van der Waals surface area contributed by atoms with Gasteiger partial charge in [0.05, 0.1) is 12.7 Å². The third-order valence-electron chi connectivity index (χ3n) is 3.94. The zero-order chi connectivity index (χ0) is 15.3. The minimum atomic E-state index is 0.0105. The standard InChI is InChI=1S/C19H22O2S/c1-19(15-22-17-10-6-3-7-11-17)18(21-19)12-13-20-14-16-8-4-2-5-9-16/h2-11,18H,12-15H2,1H3/t18-,19-/m1/s1. The van der Waals surface area contributed by atoms with Crippen LogP contribution in [0, 0.1) is 0 Å². The van der Waals surface area contributed by atoms with Crippen LogP contribution < -0.4 is 0 Å². The van der Waals surface area contributed by atoms with Crippen molar-refractivity contribution < 1.29 is 9.47 Å². The molecule has 116 valence electrons. The smallest absolute Gasteiger partial charge is 0.101 e. The first kappa shape index (κ1) is 15.6. The fraction of sp³-hybridized carbons (Fsp3) is 0.368. The van der Waals surface area contributed by atoms with Crippen LogP contribution in [-0.2, 0) is 16.1 Å². The lowest BCUT2D eigenvalue weighted by atomic mass is 10.1. The number of thioether (sulfide) groups is 1. The summed E-state index contributed by atoms with van der Waals surface area (Å²) in [4.78, 5) is 1.30. The quantitative estimate of drug-likeness (QED) is 0.405. The Bertz CT molecular complexity index is 573. The summed E-state index contributed by atoms with van der Waals surface area (Å²) in [6.45, 7) is 3.64. The lowest BCUT2D eigenvalue weighted by molar-refractivity contribution is 0.113. The molecule has 1 aliphatic heterocycles. The van der Waals surface area contributed by atoms with Gasteiger partial charge in [-0.05, 0) is 31.0 Å². The van der Waals surface area contributed by atoms with E-state index in [4.69, 9.17) is 9.47 Å². The lowest BCUT2D eigenvalue weighted by Gasteiger charge is -2.07. The van der Waals surface area contributed by atoms with Crippen molar-refractivity contribution in [1.29, 1.82) is 0 Å². The van der Waals surface area contributed by atoms with E-state index in [1.165, 1.54) is 10.5 Å². The summed E-state index contributed by atoms with van der Waals surface area (Å²) in [6, 6.07) is 20.8. The molecule has 0 spiro atoms. The molecule has 0 bridgehead atoms. The third kappa shape index (κ3) is 4.35.